The molecule has 2 aromatic rings. The predicted octanol–water partition coefficient (Wildman–Crippen LogP) is 3.32. The third-order valence-electron chi connectivity index (χ3n) is 9.37. The lowest BCUT2D eigenvalue weighted by molar-refractivity contribution is -0.151. The number of carbonyl (C=O) groups is 4. The molecule has 3 amide bonds. The fraction of sp³-hybridized carbons (Fsp3) is 0.444. The van der Waals surface area contributed by atoms with Gasteiger partial charge >= 0.3 is 5.97 Å². The summed E-state index contributed by atoms with van der Waals surface area (Å²) in [5, 5.41) is 13.2. The number of fused-ring (bicyclic) bond motifs is 1. The van der Waals surface area contributed by atoms with Gasteiger partial charge in [-0.05, 0) is 37.3 Å². The third-order valence-corrected chi connectivity index (χ3v) is 9.37. The van der Waals surface area contributed by atoms with E-state index in [1.165, 1.54) is 4.90 Å². The van der Waals surface area contributed by atoms with Gasteiger partial charge in [-0.25, -0.2) is 0 Å². The van der Waals surface area contributed by atoms with Crippen molar-refractivity contribution in [3.63, 3.8) is 0 Å². The second kappa shape index (κ2) is 14.4. The first-order valence-corrected chi connectivity index (χ1v) is 15.9. The number of rotatable bonds is 15. The van der Waals surface area contributed by atoms with Crippen LogP contribution in [0.25, 0.3) is 0 Å². The van der Waals surface area contributed by atoms with Crippen molar-refractivity contribution >= 4 is 23.7 Å². The molecule has 0 aliphatic carbocycles. The average molecular weight is 630 g/mol. The molecule has 0 radical (unpaired) electrons. The van der Waals surface area contributed by atoms with E-state index in [1.807, 2.05) is 60.7 Å². The molecule has 3 aliphatic heterocycles. The standard InChI is InChI=1S/C36H43N3O7/c1-4-6-17-29(41)45-23-27(26-15-11-8-12-16-26)37-33(42)30-28-18-19-36(46-28)31(30)34(43)39(24(3)22-40)32(36)35(44)38(20-5-2)21-25-13-9-7-10-14-25/h4-5,7-16,24,27-28,30-32,40H,1-2,6,17-23H2,3H3,(H,37,42)/t24-,27-,28-,30+,31+,32-,36+/m1/s1. The van der Waals surface area contributed by atoms with E-state index in [-0.39, 0.29) is 38.0 Å². The Morgan fingerprint density at radius 3 is 2.48 bits per heavy atom. The number of nitrogens with one attached hydrogen (secondary N) is 1. The number of hydrogen-bond acceptors (Lipinski definition) is 7. The first-order valence-electron chi connectivity index (χ1n) is 15.9. The SMILES string of the molecule is C=CCCC(=O)OC[C@@H](NC(=O)[C@@H]1[C@H]2C(=O)N([C@H](C)CO)[C@H](C(=O)N(CC=C)Cc3ccccc3)[C@]23CC[C@H]1O3)c1ccccc1. The number of esters is 1. The Morgan fingerprint density at radius 2 is 1.83 bits per heavy atom. The van der Waals surface area contributed by atoms with E-state index in [9.17, 15) is 24.3 Å². The molecule has 5 rings (SSSR count). The maximum atomic E-state index is 14.5. The number of allylic oxidation sites excluding steroid dienone is 1. The van der Waals surface area contributed by atoms with Gasteiger partial charge in [-0.2, -0.15) is 0 Å². The molecule has 7 atom stereocenters. The Balaban J connectivity index is 1.43. The molecule has 2 N–H and O–H groups in total. The van der Waals surface area contributed by atoms with Crippen LogP contribution < -0.4 is 5.32 Å². The zero-order valence-corrected chi connectivity index (χ0v) is 26.3. The summed E-state index contributed by atoms with van der Waals surface area (Å²) < 4.78 is 12.1. The maximum Gasteiger partial charge on any atom is 0.306 e. The van der Waals surface area contributed by atoms with Crippen LogP contribution in [-0.2, 0) is 35.2 Å². The number of amides is 3. The summed E-state index contributed by atoms with van der Waals surface area (Å²) in [6.45, 7) is 9.28. The van der Waals surface area contributed by atoms with Crippen LogP contribution in [0.5, 0.6) is 0 Å². The Bertz CT molecular complexity index is 1430. The van der Waals surface area contributed by atoms with Gasteiger partial charge in [0.25, 0.3) is 0 Å². The summed E-state index contributed by atoms with van der Waals surface area (Å²) in [5.41, 5.74) is 0.442. The number of benzene rings is 2. The number of aliphatic hydroxyl groups excluding tert-OH is 1. The fourth-order valence-electron chi connectivity index (χ4n) is 7.24. The molecule has 3 aliphatic rings. The summed E-state index contributed by atoms with van der Waals surface area (Å²) in [7, 11) is 0. The molecule has 10 heteroatoms. The third kappa shape index (κ3) is 6.37. The molecule has 1 spiro atoms. The number of aliphatic hydroxyl groups is 1. The highest BCUT2D eigenvalue weighted by Gasteiger charge is 2.75. The quantitative estimate of drug-likeness (QED) is 0.229. The average Bonchev–Trinajstić information content (AvgIpc) is 3.73. The first-order chi connectivity index (χ1) is 22.2. The lowest BCUT2D eigenvalue weighted by Gasteiger charge is -2.38. The number of nitrogens with zero attached hydrogens (tertiary/aromatic N) is 2. The van der Waals surface area contributed by atoms with Gasteiger partial charge < -0.3 is 29.7 Å². The molecule has 3 heterocycles. The highest BCUT2D eigenvalue weighted by Crippen LogP contribution is 2.59. The molecule has 0 aromatic heterocycles. The van der Waals surface area contributed by atoms with Crippen LogP contribution in [0.15, 0.2) is 86.0 Å². The van der Waals surface area contributed by atoms with E-state index >= 15 is 0 Å². The van der Waals surface area contributed by atoms with Crippen molar-refractivity contribution in [1.29, 1.82) is 0 Å². The monoisotopic (exact) mass is 629 g/mol. The van der Waals surface area contributed by atoms with Gasteiger partial charge in [0, 0.05) is 19.5 Å². The molecule has 46 heavy (non-hydrogen) atoms. The fourth-order valence-corrected chi connectivity index (χ4v) is 7.24. The van der Waals surface area contributed by atoms with Crippen molar-refractivity contribution in [1.82, 2.24) is 15.1 Å². The summed E-state index contributed by atoms with van der Waals surface area (Å²) >= 11 is 0. The summed E-state index contributed by atoms with van der Waals surface area (Å²) in [4.78, 5) is 58.3. The van der Waals surface area contributed by atoms with Gasteiger partial charge in [-0.1, -0.05) is 72.8 Å². The molecule has 2 aromatic carbocycles. The molecule has 2 bridgehead atoms. The van der Waals surface area contributed by atoms with Gasteiger partial charge in [0.15, 0.2) is 0 Å². The van der Waals surface area contributed by atoms with Crippen LogP contribution in [0.2, 0.25) is 0 Å². The largest absolute Gasteiger partial charge is 0.463 e. The van der Waals surface area contributed by atoms with Crippen molar-refractivity contribution in [2.75, 3.05) is 19.8 Å². The predicted molar refractivity (Wildman–Crippen MR) is 171 cm³/mol. The van der Waals surface area contributed by atoms with Crippen LogP contribution in [0, 0.1) is 11.8 Å². The molecule has 3 saturated heterocycles. The van der Waals surface area contributed by atoms with Crippen LogP contribution in [-0.4, -0.2) is 82.1 Å². The lowest BCUT2D eigenvalue weighted by Crippen LogP contribution is -2.58. The Morgan fingerprint density at radius 1 is 1.13 bits per heavy atom. The molecule has 0 saturated carbocycles. The highest BCUT2D eigenvalue weighted by molar-refractivity contribution is 5.99. The van der Waals surface area contributed by atoms with Crippen LogP contribution >= 0.6 is 0 Å². The molecular weight excluding hydrogens is 586 g/mol. The van der Waals surface area contributed by atoms with E-state index in [1.54, 1.807) is 24.0 Å². The molecule has 3 fully saturated rings. The van der Waals surface area contributed by atoms with Crippen molar-refractivity contribution in [3.05, 3.63) is 97.1 Å². The van der Waals surface area contributed by atoms with Gasteiger partial charge in [0.05, 0.1) is 36.6 Å². The van der Waals surface area contributed by atoms with E-state index in [4.69, 9.17) is 9.47 Å². The summed E-state index contributed by atoms with van der Waals surface area (Å²) in [6.07, 6.45) is 4.30. The van der Waals surface area contributed by atoms with E-state index < -0.39 is 53.5 Å². The van der Waals surface area contributed by atoms with Crippen LogP contribution in [0.3, 0.4) is 0 Å². The minimum atomic E-state index is -1.22. The Kier molecular flexibility index (Phi) is 10.4. The van der Waals surface area contributed by atoms with Crippen molar-refractivity contribution < 1.29 is 33.8 Å². The van der Waals surface area contributed by atoms with Crippen molar-refractivity contribution in [2.45, 2.75) is 69.0 Å². The minimum absolute atomic E-state index is 0.0848. The first kappa shape index (κ1) is 33.1. The smallest absolute Gasteiger partial charge is 0.306 e. The number of likely N-dealkylation sites (tertiary alicyclic amines) is 1. The molecular formula is C36H43N3O7. The van der Waals surface area contributed by atoms with Gasteiger partial charge in [0.1, 0.15) is 18.2 Å². The van der Waals surface area contributed by atoms with Gasteiger partial charge in [-0.3, -0.25) is 19.2 Å². The lowest BCUT2D eigenvalue weighted by atomic mass is 9.70. The highest BCUT2D eigenvalue weighted by atomic mass is 16.5. The van der Waals surface area contributed by atoms with Gasteiger partial charge in [0.2, 0.25) is 17.7 Å². The second-order valence-corrected chi connectivity index (χ2v) is 12.3. The normalized spacial score (nSPS) is 25.8. The Labute approximate surface area is 270 Å². The zero-order valence-electron chi connectivity index (χ0n) is 26.3. The Hall–Kier alpha value is -4.28. The van der Waals surface area contributed by atoms with Crippen molar-refractivity contribution in [3.8, 4) is 0 Å². The van der Waals surface area contributed by atoms with Crippen molar-refractivity contribution in [2.24, 2.45) is 11.8 Å². The van der Waals surface area contributed by atoms with Crippen LogP contribution in [0.1, 0.15) is 49.8 Å². The second-order valence-electron chi connectivity index (χ2n) is 12.3. The number of ether oxygens (including phenoxy) is 2. The molecule has 244 valence electrons. The van der Waals surface area contributed by atoms with Gasteiger partial charge in [-0.15, -0.1) is 13.2 Å². The topological polar surface area (TPSA) is 125 Å². The maximum absolute atomic E-state index is 14.5. The zero-order chi connectivity index (χ0) is 32.8. The minimum Gasteiger partial charge on any atom is -0.463 e. The summed E-state index contributed by atoms with van der Waals surface area (Å²) in [5.74, 6) is -3.28. The molecule has 0 unspecified atom stereocenters. The van der Waals surface area contributed by atoms with E-state index in [2.05, 4.69) is 18.5 Å². The molecule has 10 nitrogen and oxygen atoms in total. The van der Waals surface area contributed by atoms with Crippen LogP contribution in [0.4, 0.5) is 0 Å². The van der Waals surface area contributed by atoms with E-state index in [0.29, 0.717) is 25.8 Å². The number of carbonyl (C=O) groups excluding carboxylic acids is 4. The van der Waals surface area contributed by atoms with E-state index in [0.717, 1.165) is 11.1 Å². The summed E-state index contributed by atoms with van der Waals surface area (Å²) in [6, 6.07) is 16.4. The number of hydrogen-bond donors (Lipinski definition) is 2.